The zero-order valence-electron chi connectivity index (χ0n) is 16.6. The van der Waals surface area contributed by atoms with Gasteiger partial charge < -0.3 is 5.32 Å². The third-order valence-electron chi connectivity index (χ3n) is 4.91. The lowest BCUT2D eigenvalue weighted by Crippen LogP contribution is -2.33. The summed E-state index contributed by atoms with van der Waals surface area (Å²) in [4.78, 5) is 27.5. The molecule has 3 rings (SSSR count). The molecule has 0 bridgehead atoms. The minimum Gasteiger partial charge on any atom is -0.350 e. The van der Waals surface area contributed by atoms with Gasteiger partial charge in [-0.15, -0.1) is 0 Å². The summed E-state index contributed by atoms with van der Waals surface area (Å²) in [5.41, 5.74) is 6.80. The predicted octanol–water partition coefficient (Wildman–Crippen LogP) is 4.52. The van der Waals surface area contributed by atoms with E-state index in [0.717, 1.165) is 39.9 Å². The molecule has 1 heterocycles. The van der Waals surface area contributed by atoms with Crippen LogP contribution in [0, 0.1) is 27.7 Å². The molecule has 0 saturated heterocycles. The van der Waals surface area contributed by atoms with Gasteiger partial charge in [0.15, 0.2) is 0 Å². The van der Waals surface area contributed by atoms with Crippen molar-refractivity contribution in [2.24, 2.45) is 0 Å². The molecular formula is C23H26N2O2. The lowest BCUT2D eigenvalue weighted by Gasteiger charge is -2.14. The van der Waals surface area contributed by atoms with E-state index in [2.05, 4.69) is 11.4 Å². The highest BCUT2D eigenvalue weighted by atomic mass is 16.2. The summed E-state index contributed by atoms with van der Waals surface area (Å²) in [5, 5.41) is 3.26. The van der Waals surface area contributed by atoms with Gasteiger partial charge in [-0.3, -0.25) is 14.5 Å². The molecule has 0 atom stereocenters. The lowest BCUT2D eigenvalue weighted by molar-refractivity contribution is -0.136. The van der Waals surface area contributed by atoms with Crippen molar-refractivity contribution in [2.45, 2.75) is 41.0 Å². The fourth-order valence-electron chi connectivity index (χ4n) is 3.55. The van der Waals surface area contributed by atoms with Crippen LogP contribution >= 0.6 is 0 Å². The number of rotatable bonds is 5. The van der Waals surface area contributed by atoms with Crippen LogP contribution in [0.3, 0.4) is 0 Å². The molecule has 0 saturated carbocycles. The first kappa shape index (κ1) is 18.9. The van der Waals surface area contributed by atoms with Gasteiger partial charge >= 0.3 is 0 Å². The van der Waals surface area contributed by atoms with Crippen molar-refractivity contribution >= 4 is 23.1 Å². The molecule has 0 aliphatic carbocycles. The molecule has 4 heteroatoms. The van der Waals surface area contributed by atoms with Gasteiger partial charge in [-0.05, 0) is 56.9 Å². The minimum absolute atomic E-state index is 0.221. The molecular weight excluding hydrogens is 336 g/mol. The molecule has 2 aromatic rings. The van der Waals surface area contributed by atoms with Crippen LogP contribution in [-0.4, -0.2) is 23.3 Å². The molecule has 0 fully saturated rings. The smallest absolute Gasteiger partial charge is 0.278 e. The molecule has 0 aromatic heterocycles. The number of aryl methyl sites for hydroxylation is 4. The number of carbonyl (C=O) groups excluding carboxylic acids is 2. The number of nitrogens with zero attached hydrogens (tertiary/aromatic N) is 1. The van der Waals surface area contributed by atoms with Gasteiger partial charge in [0.25, 0.3) is 11.8 Å². The third kappa shape index (κ3) is 3.52. The molecule has 1 aliphatic heterocycles. The standard InChI is InChI=1S/C23H26N2O2/c1-6-11-25-22(26)20(18-9-7-14(2)12-16(18)4)21(23(25)27)24-19-10-8-15(3)13-17(19)5/h7-10,12-13,24H,6,11H2,1-5H3. The molecule has 0 unspecified atom stereocenters. The normalized spacial score (nSPS) is 14.3. The van der Waals surface area contributed by atoms with Crippen LogP contribution in [0.1, 0.15) is 41.2 Å². The second-order valence-corrected chi connectivity index (χ2v) is 7.27. The SMILES string of the molecule is CCCN1C(=O)C(Nc2ccc(C)cc2C)=C(c2ccc(C)cc2C)C1=O. The van der Waals surface area contributed by atoms with E-state index in [9.17, 15) is 9.59 Å². The highest BCUT2D eigenvalue weighted by Crippen LogP contribution is 2.33. The first-order valence-electron chi connectivity index (χ1n) is 9.35. The zero-order valence-corrected chi connectivity index (χ0v) is 16.6. The molecule has 1 N–H and O–H groups in total. The van der Waals surface area contributed by atoms with Crippen molar-refractivity contribution in [3.05, 3.63) is 69.9 Å². The molecule has 1 aliphatic rings. The van der Waals surface area contributed by atoms with E-state index >= 15 is 0 Å². The maximum atomic E-state index is 13.1. The molecule has 2 amide bonds. The highest BCUT2D eigenvalue weighted by Gasteiger charge is 2.39. The van der Waals surface area contributed by atoms with E-state index in [1.165, 1.54) is 4.90 Å². The van der Waals surface area contributed by atoms with Crippen molar-refractivity contribution in [3.63, 3.8) is 0 Å². The Morgan fingerprint density at radius 1 is 0.852 bits per heavy atom. The van der Waals surface area contributed by atoms with Crippen molar-refractivity contribution < 1.29 is 9.59 Å². The number of hydrogen-bond donors (Lipinski definition) is 1. The quantitative estimate of drug-likeness (QED) is 0.796. The van der Waals surface area contributed by atoms with Crippen molar-refractivity contribution in [1.82, 2.24) is 4.90 Å². The van der Waals surface area contributed by atoms with Crippen LogP contribution in [0.2, 0.25) is 0 Å². The maximum absolute atomic E-state index is 13.1. The van der Waals surface area contributed by atoms with E-state index in [-0.39, 0.29) is 11.8 Å². The number of anilines is 1. The average Bonchev–Trinajstić information content (AvgIpc) is 2.82. The third-order valence-corrected chi connectivity index (χ3v) is 4.91. The molecule has 27 heavy (non-hydrogen) atoms. The van der Waals surface area contributed by atoms with Crippen LogP contribution in [0.4, 0.5) is 5.69 Å². The number of hydrogen-bond acceptors (Lipinski definition) is 3. The second kappa shape index (κ2) is 7.39. The first-order valence-corrected chi connectivity index (χ1v) is 9.35. The van der Waals surface area contributed by atoms with Gasteiger partial charge in [-0.1, -0.05) is 48.4 Å². The number of imide groups is 1. The molecule has 140 valence electrons. The largest absolute Gasteiger partial charge is 0.350 e. The molecule has 0 spiro atoms. The fourth-order valence-corrected chi connectivity index (χ4v) is 3.55. The van der Waals surface area contributed by atoms with E-state index < -0.39 is 0 Å². The number of carbonyl (C=O) groups is 2. The van der Waals surface area contributed by atoms with Gasteiger partial charge in [-0.2, -0.15) is 0 Å². The summed E-state index contributed by atoms with van der Waals surface area (Å²) in [6, 6.07) is 12.0. The van der Waals surface area contributed by atoms with E-state index in [1.807, 2.05) is 65.0 Å². The summed E-state index contributed by atoms with van der Waals surface area (Å²) in [6.07, 6.45) is 0.731. The summed E-state index contributed by atoms with van der Waals surface area (Å²) < 4.78 is 0. The summed E-state index contributed by atoms with van der Waals surface area (Å²) >= 11 is 0. The van der Waals surface area contributed by atoms with E-state index in [4.69, 9.17) is 0 Å². The Morgan fingerprint density at radius 3 is 2.07 bits per heavy atom. The van der Waals surface area contributed by atoms with Crippen LogP contribution in [0.15, 0.2) is 42.1 Å². The summed E-state index contributed by atoms with van der Waals surface area (Å²) in [5.74, 6) is -0.474. The van der Waals surface area contributed by atoms with Gasteiger partial charge in [-0.25, -0.2) is 0 Å². The number of benzene rings is 2. The fraction of sp³-hybridized carbons (Fsp3) is 0.304. The number of nitrogens with one attached hydrogen (secondary N) is 1. The topological polar surface area (TPSA) is 49.4 Å². The molecule has 2 aromatic carbocycles. The van der Waals surface area contributed by atoms with Crippen molar-refractivity contribution in [1.29, 1.82) is 0 Å². The Kier molecular flexibility index (Phi) is 5.17. The Labute approximate surface area is 160 Å². The average molecular weight is 362 g/mol. The predicted molar refractivity (Wildman–Crippen MR) is 109 cm³/mol. The van der Waals surface area contributed by atoms with Crippen LogP contribution < -0.4 is 5.32 Å². The summed E-state index contributed by atoms with van der Waals surface area (Å²) in [6.45, 7) is 10.4. The first-order chi connectivity index (χ1) is 12.8. The minimum atomic E-state index is -0.253. The van der Waals surface area contributed by atoms with Crippen LogP contribution in [0.5, 0.6) is 0 Å². The second-order valence-electron chi connectivity index (χ2n) is 7.27. The zero-order chi connectivity index (χ0) is 19.7. The molecule has 4 nitrogen and oxygen atoms in total. The highest BCUT2D eigenvalue weighted by molar-refractivity contribution is 6.36. The van der Waals surface area contributed by atoms with E-state index in [0.29, 0.717) is 17.8 Å². The van der Waals surface area contributed by atoms with E-state index in [1.54, 1.807) is 0 Å². The van der Waals surface area contributed by atoms with Crippen molar-refractivity contribution in [3.8, 4) is 0 Å². The Balaban J connectivity index is 2.14. The monoisotopic (exact) mass is 362 g/mol. The van der Waals surface area contributed by atoms with Gasteiger partial charge in [0.05, 0.1) is 5.57 Å². The van der Waals surface area contributed by atoms with Gasteiger partial charge in [0, 0.05) is 12.2 Å². The van der Waals surface area contributed by atoms with Crippen LogP contribution in [0.25, 0.3) is 5.57 Å². The summed E-state index contributed by atoms with van der Waals surface area (Å²) in [7, 11) is 0. The molecule has 0 radical (unpaired) electrons. The Bertz CT molecular complexity index is 957. The van der Waals surface area contributed by atoms with Crippen molar-refractivity contribution in [2.75, 3.05) is 11.9 Å². The maximum Gasteiger partial charge on any atom is 0.278 e. The Hall–Kier alpha value is -2.88. The van der Waals surface area contributed by atoms with Gasteiger partial charge in [0.2, 0.25) is 0 Å². The lowest BCUT2D eigenvalue weighted by atomic mass is 9.97. The van der Waals surface area contributed by atoms with Crippen LogP contribution in [-0.2, 0) is 9.59 Å². The number of amides is 2. The Morgan fingerprint density at radius 2 is 1.48 bits per heavy atom. The van der Waals surface area contributed by atoms with Gasteiger partial charge in [0.1, 0.15) is 5.70 Å².